The first-order chi connectivity index (χ1) is 7.66. The predicted molar refractivity (Wildman–Crippen MR) is 64.9 cm³/mol. The minimum Gasteiger partial charge on any atom is -0.341 e. The Morgan fingerprint density at radius 2 is 2.19 bits per heavy atom. The summed E-state index contributed by atoms with van der Waals surface area (Å²) in [4.78, 5) is 13.6. The van der Waals surface area contributed by atoms with Gasteiger partial charge in [-0.1, -0.05) is 26.2 Å². The fourth-order valence-electron chi connectivity index (χ4n) is 3.15. The number of nitrogens with zero attached hydrogens (tertiary/aromatic N) is 1. The van der Waals surface area contributed by atoms with Crippen molar-refractivity contribution in [3.8, 4) is 0 Å². The molecule has 3 atom stereocenters. The lowest BCUT2D eigenvalue weighted by molar-refractivity contribution is -0.128. The summed E-state index contributed by atoms with van der Waals surface area (Å²) < 4.78 is 0. The molecular formula is C13H24N2O. The zero-order valence-electron chi connectivity index (χ0n) is 10.3. The molecule has 0 spiro atoms. The SMILES string of the molecule is CC1CCCC(CCN2CCC(N)C2=O)C1. The summed E-state index contributed by atoms with van der Waals surface area (Å²) in [7, 11) is 0. The third kappa shape index (κ3) is 2.76. The molecule has 16 heavy (non-hydrogen) atoms. The number of rotatable bonds is 3. The Bertz CT molecular complexity index is 254. The second-order valence-electron chi connectivity index (χ2n) is 5.65. The molecule has 0 aromatic carbocycles. The molecule has 92 valence electrons. The molecule has 3 heteroatoms. The highest BCUT2D eigenvalue weighted by Crippen LogP contribution is 2.31. The molecule has 1 heterocycles. The maximum absolute atomic E-state index is 11.6. The molecule has 2 fully saturated rings. The largest absolute Gasteiger partial charge is 0.341 e. The number of nitrogens with two attached hydrogens (primary N) is 1. The zero-order chi connectivity index (χ0) is 11.5. The standard InChI is InChI=1S/C13H24N2O/c1-10-3-2-4-11(9-10)5-7-15-8-6-12(14)13(15)16/h10-12H,2-9,14H2,1H3. The molecule has 3 nitrogen and oxygen atoms in total. The highest BCUT2D eigenvalue weighted by Gasteiger charge is 2.29. The van der Waals surface area contributed by atoms with Crippen molar-refractivity contribution in [2.24, 2.45) is 17.6 Å². The van der Waals surface area contributed by atoms with Crippen molar-refractivity contribution in [3.05, 3.63) is 0 Å². The molecule has 1 aliphatic carbocycles. The molecule has 1 saturated heterocycles. The Labute approximate surface area is 98.4 Å². The maximum Gasteiger partial charge on any atom is 0.239 e. The van der Waals surface area contributed by atoms with Crippen molar-refractivity contribution in [2.75, 3.05) is 13.1 Å². The lowest BCUT2D eigenvalue weighted by Gasteiger charge is -2.28. The number of hydrogen-bond donors (Lipinski definition) is 1. The van der Waals surface area contributed by atoms with Gasteiger partial charge in [0.1, 0.15) is 0 Å². The van der Waals surface area contributed by atoms with E-state index < -0.39 is 0 Å². The number of amides is 1. The Morgan fingerprint density at radius 1 is 1.38 bits per heavy atom. The summed E-state index contributed by atoms with van der Waals surface area (Å²) in [6.07, 6.45) is 7.51. The lowest BCUT2D eigenvalue weighted by atomic mass is 9.81. The van der Waals surface area contributed by atoms with Gasteiger partial charge in [-0.2, -0.15) is 0 Å². The third-order valence-corrected chi connectivity index (χ3v) is 4.19. The third-order valence-electron chi connectivity index (χ3n) is 4.19. The van der Waals surface area contributed by atoms with Crippen molar-refractivity contribution in [2.45, 2.75) is 51.5 Å². The van der Waals surface area contributed by atoms with Gasteiger partial charge in [0.25, 0.3) is 0 Å². The number of likely N-dealkylation sites (tertiary alicyclic amines) is 1. The first-order valence-electron chi connectivity index (χ1n) is 6.71. The van der Waals surface area contributed by atoms with E-state index in [0.29, 0.717) is 0 Å². The number of carbonyl (C=O) groups is 1. The van der Waals surface area contributed by atoms with Gasteiger partial charge in [0.15, 0.2) is 0 Å². The van der Waals surface area contributed by atoms with E-state index in [1.165, 1.54) is 32.1 Å². The normalized spacial score (nSPS) is 35.8. The van der Waals surface area contributed by atoms with Crippen LogP contribution in [-0.2, 0) is 4.79 Å². The molecular weight excluding hydrogens is 200 g/mol. The van der Waals surface area contributed by atoms with Gasteiger partial charge in [0.05, 0.1) is 6.04 Å². The van der Waals surface area contributed by atoms with E-state index in [1.807, 2.05) is 4.90 Å². The zero-order valence-corrected chi connectivity index (χ0v) is 10.3. The minimum atomic E-state index is -0.217. The minimum absolute atomic E-state index is 0.170. The second-order valence-corrected chi connectivity index (χ2v) is 5.65. The molecule has 2 aliphatic rings. The smallest absolute Gasteiger partial charge is 0.239 e. The summed E-state index contributed by atoms with van der Waals surface area (Å²) in [5.41, 5.74) is 5.71. The van der Waals surface area contributed by atoms with Crippen molar-refractivity contribution >= 4 is 5.91 Å². The van der Waals surface area contributed by atoms with E-state index in [9.17, 15) is 4.79 Å². The second kappa shape index (κ2) is 5.17. The van der Waals surface area contributed by atoms with Crippen LogP contribution < -0.4 is 5.73 Å². The first-order valence-corrected chi connectivity index (χ1v) is 6.71. The summed E-state index contributed by atoms with van der Waals surface area (Å²) in [5, 5.41) is 0. The van der Waals surface area contributed by atoms with Crippen LogP contribution in [-0.4, -0.2) is 29.9 Å². The molecule has 0 radical (unpaired) electrons. The van der Waals surface area contributed by atoms with E-state index in [2.05, 4.69) is 6.92 Å². The lowest BCUT2D eigenvalue weighted by Crippen LogP contribution is -2.35. The van der Waals surface area contributed by atoms with Crippen molar-refractivity contribution in [1.82, 2.24) is 4.90 Å². The van der Waals surface area contributed by atoms with Crippen LogP contribution in [0.25, 0.3) is 0 Å². The Kier molecular flexibility index (Phi) is 3.85. The molecule has 0 aromatic rings. The Morgan fingerprint density at radius 3 is 2.81 bits per heavy atom. The van der Waals surface area contributed by atoms with Gasteiger partial charge < -0.3 is 10.6 Å². The van der Waals surface area contributed by atoms with Crippen molar-refractivity contribution in [1.29, 1.82) is 0 Å². The van der Waals surface area contributed by atoms with Gasteiger partial charge in [-0.25, -0.2) is 0 Å². The highest BCUT2D eigenvalue weighted by atomic mass is 16.2. The van der Waals surface area contributed by atoms with E-state index >= 15 is 0 Å². The number of carbonyl (C=O) groups excluding carboxylic acids is 1. The maximum atomic E-state index is 11.6. The van der Waals surface area contributed by atoms with Gasteiger partial charge >= 0.3 is 0 Å². The van der Waals surface area contributed by atoms with Crippen molar-refractivity contribution < 1.29 is 4.79 Å². The monoisotopic (exact) mass is 224 g/mol. The number of hydrogen-bond acceptors (Lipinski definition) is 2. The predicted octanol–water partition coefficient (Wildman–Crippen LogP) is 1.76. The molecule has 1 aliphatic heterocycles. The summed E-state index contributed by atoms with van der Waals surface area (Å²) in [5.74, 6) is 1.90. The van der Waals surface area contributed by atoms with Gasteiger partial charge in [-0.05, 0) is 31.1 Å². The van der Waals surface area contributed by atoms with Crippen molar-refractivity contribution in [3.63, 3.8) is 0 Å². The molecule has 2 rings (SSSR count). The van der Waals surface area contributed by atoms with E-state index in [4.69, 9.17) is 5.73 Å². The van der Waals surface area contributed by atoms with Crippen LogP contribution in [0, 0.1) is 11.8 Å². The van der Waals surface area contributed by atoms with Gasteiger partial charge in [0, 0.05) is 13.1 Å². The Balaban J connectivity index is 1.73. The van der Waals surface area contributed by atoms with Crippen LogP contribution in [0.4, 0.5) is 0 Å². The highest BCUT2D eigenvalue weighted by molar-refractivity contribution is 5.83. The van der Waals surface area contributed by atoms with Crippen LogP contribution in [0.15, 0.2) is 0 Å². The topological polar surface area (TPSA) is 46.3 Å². The van der Waals surface area contributed by atoms with Gasteiger partial charge in [0.2, 0.25) is 5.91 Å². The molecule has 2 N–H and O–H groups in total. The average molecular weight is 224 g/mol. The fourth-order valence-corrected chi connectivity index (χ4v) is 3.15. The summed E-state index contributed by atoms with van der Waals surface area (Å²) in [6.45, 7) is 4.16. The molecule has 1 amide bonds. The first kappa shape index (κ1) is 11.9. The quantitative estimate of drug-likeness (QED) is 0.794. The van der Waals surface area contributed by atoms with Crippen LogP contribution in [0.5, 0.6) is 0 Å². The van der Waals surface area contributed by atoms with Crippen LogP contribution in [0.3, 0.4) is 0 Å². The van der Waals surface area contributed by atoms with Crippen LogP contribution in [0.2, 0.25) is 0 Å². The van der Waals surface area contributed by atoms with E-state index in [1.54, 1.807) is 0 Å². The van der Waals surface area contributed by atoms with Crippen LogP contribution >= 0.6 is 0 Å². The van der Waals surface area contributed by atoms with E-state index in [-0.39, 0.29) is 11.9 Å². The van der Waals surface area contributed by atoms with Crippen LogP contribution in [0.1, 0.15) is 45.4 Å². The summed E-state index contributed by atoms with van der Waals surface area (Å²) >= 11 is 0. The van der Waals surface area contributed by atoms with Gasteiger partial charge in [-0.3, -0.25) is 4.79 Å². The molecule has 3 unspecified atom stereocenters. The average Bonchev–Trinajstić information content (AvgIpc) is 2.57. The molecule has 0 aromatic heterocycles. The summed E-state index contributed by atoms with van der Waals surface area (Å²) in [6, 6.07) is -0.217. The molecule has 0 bridgehead atoms. The molecule has 1 saturated carbocycles. The Hall–Kier alpha value is -0.570. The van der Waals surface area contributed by atoms with E-state index in [0.717, 1.165) is 31.3 Å². The fraction of sp³-hybridized carbons (Fsp3) is 0.923. The van der Waals surface area contributed by atoms with Gasteiger partial charge in [-0.15, -0.1) is 0 Å².